The molecule has 0 fully saturated rings. The topological polar surface area (TPSA) is 81.3 Å². The van der Waals surface area contributed by atoms with E-state index in [0.29, 0.717) is 11.4 Å². The fourth-order valence-electron chi connectivity index (χ4n) is 3.33. The van der Waals surface area contributed by atoms with Gasteiger partial charge in [-0.15, -0.1) is 0 Å². The van der Waals surface area contributed by atoms with Gasteiger partial charge in [-0.05, 0) is 37.1 Å². The normalized spacial score (nSPS) is 15.7. The van der Waals surface area contributed by atoms with E-state index in [1.54, 1.807) is 29.3 Å². The van der Waals surface area contributed by atoms with E-state index >= 15 is 0 Å². The second-order valence-corrected chi connectivity index (χ2v) is 6.28. The first kappa shape index (κ1) is 16.0. The van der Waals surface area contributed by atoms with Gasteiger partial charge in [0.1, 0.15) is 0 Å². The number of nitro groups is 1. The van der Waals surface area contributed by atoms with Crippen molar-refractivity contribution in [3.05, 3.63) is 82.2 Å². The first-order valence-corrected chi connectivity index (χ1v) is 8.26. The zero-order valence-corrected chi connectivity index (χ0v) is 14.1. The molecule has 0 aliphatic carbocycles. The lowest BCUT2D eigenvalue weighted by Crippen LogP contribution is -2.36. The van der Waals surface area contributed by atoms with Crippen LogP contribution in [0.1, 0.15) is 23.0 Å². The summed E-state index contributed by atoms with van der Waals surface area (Å²) in [6, 6.07) is 15.7. The van der Waals surface area contributed by atoms with Crippen molar-refractivity contribution < 1.29 is 9.72 Å². The zero-order valence-electron chi connectivity index (χ0n) is 14.1. The molecule has 4 rings (SSSR count). The van der Waals surface area contributed by atoms with E-state index in [1.165, 1.54) is 16.8 Å². The number of amides is 1. The molecule has 2 aromatic carbocycles. The maximum absolute atomic E-state index is 13.0. The largest absolute Gasteiger partial charge is 0.304 e. The van der Waals surface area contributed by atoms with Crippen LogP contribution >= 0.6 is 0 Å². The fraction of sp³-hybridized carbons (Fsp3) is 0.158. The number of para-hydroxylation sites is 1. The molecule has 0 N–H and O–H groups in total. The van der Waals surface area contributed by atoms with Crippen LogP contribution in [-0.4, -0.2) is 26.7 Å². The predicted molar refractivity (Wildman–Crippen MR) is 96.6 cm³/mol. The lowest BCUT2D eigenvalue weighted by atomic mass is 10.1. The third-order valence-electron chi connectivity index (χ3n) is 4.54. The van der Waals surface area contributed by atoms with Crippen LogP contribution in [0, 0.1) is 10.1 Å². The number of hydrogen-bond acceptors (Lipinski definition) is 4. The molecule has 0 spiro atoms. The van der Waals surface area contributed by atoms with Crippen LogP contribution in [0.5, 0.6) is 0 Å². The minimum atomic E-state index is -0.456. The van der Waals surface area contributed by atoms with Gasteiger partial charge in [-0.3, -0.25) is 14.9 Å². The lowest BCUT2D eigenvalue weighted by molar-refractivity contribution is -0.384. The number of hydrogen-bond donors (Lipinski definition) is 0. The molecule has 1 atom stereocenters. The summed E-state index contributed by atoms with van der Waals surface area (Å²) in [4.78, 5) is 25.2. The molecule has 0 bridgehead atoms. The summed E-state index contributed by atoms with van der Waals surface area (Å²) >= 11 is 0. The number of anilines is 1. The molecule has 1 amide bonds. The number of carbonyl (C=O) groups is 1. The average molecular weight is 348 g/mol. The molecule has 0 unspecified atom stereocenters. The SMILES string of the molecule is C[C@H]1Cc2ccccc2N1C(=O)c1ccn(-c2cccc([N+](=O)[O-])c2)n1. The molecule has 1 aliphatic rings. The van der Waals surface area contributed by atoms with Gasteiger partial charge in [-0.25, -0.2) is 4.68 Å². The summed E-state index contributed by atoms with van der Waals surface area (Å²) in [5.74, 6) is -0.174. The van der Waals surface area contributed by atoms with Crippen molar-refractivity contribution in [2.75, 3.05) is 4.90 Å². The van der Waals surface area contributed by atoms with E-state index in [0.717, 1.165) is 17.7 Å². The van der Waals surface area contributed by atoms with Gasteiger partial charge in [-0.2, -0.15) is 5.10 Å². The van der Waals surface area contributed by atoms with Crippen LogP contribution in [0.15, 0.2) is 60.8 Å². The van der Waals surface area contributed by atoms with Gasteiger partial charge in [0, 0.05) is 30.1 Å². The third kappa shape index (κ3) is 2.63. The Balaban J connectivity index is 1.65. The van der Waals surface area contributed by atoms with Gasteiger partial charge in [0.05, 0.1) is 10.6 Å². The van der Waals surface area contributed by atoms with E-state index in [1.807, 2.05) is 31.2 Å². The quantitative estimate of drug-likeness (QED) is 0.537. The molecular formula is C19H16N4O3. The van der Waals surface area contributed by atoms with Crippen molar-refractivity contribution >= 4 is 17.3 Å². The van der Waals surface area contributed by atoms with Gasteiger partial charge in [0.15, 0.2) is 5.69 Å². The smallest absolute Gasteiger partial charge is 0.279 e. The fourth-order valence-corrected chi connectivity index (χ4v) is 3.33. The highest BCUT2D eigenvalue weighted by Gasteiger charge is 2.32. The molecule has 7 heteroatoms. The Morgan fingerprint density at radius 2 is 2.00 bits per heavy atom. The first-order chi connectivity index (χ1) is 12.5. The van der Waals surface area contributed by atoms with Crippen molar-refractivity contribution in [1.82, 2.24) is 9.78 Å². The van der Waals surface area contributed by atoms with Crippen LogP contribution in [-0.2, 0) is 6.42 Å². The molecule has 2 heterocycles. The molecule has 130 valence electrons. The second kappa shape index (κ2) is 6.11. The summed E-state index contributed by atoms with van der Waals surface area (Å²) < 4.78 is 1.48. The molecular weight excluding hydrogens is 332 g/mol. The Labute approximate surface area is 149 Å². The van der Waals surface area contributed by atoms with Gasteiger partial charge in [-0.1, -0.05) is 24.3 Å². The van der Waals surface area contributed by atoms with Crippen LogP contribution in [0.3, 0.4) is 0 Å². The Morgan fingerprint density at radius 3 is 2.81 bits per heavy atom. The second-order valence-electron chi connectivity index (χ2n) is 6.28. The molecule has 0 radical (unpaired) electrons. The molecule has 0 saturated carbocycles. The van der Waals surface area contributed by atoms with Crippen molar-refractivity contribution in [2.45, 2.75) is 19.4 Å². The molecule has 26 heavy (non-hydrogen) atoms. The Kier molecular flexibility index (Phi) is 3.76. The van der Waals surface area contributed by atoms with Crippen molar-refractivity contribution in [3.8, 4) is 5.69 Å². The summed E-state index contributed by atoms with van der Waals surface area (Å²) in [7, 11) is 0. The number of nitro benzene ring substituents is 1. The summed E-state index contributed by atoms with van der Waals surface area (Å²) in [6.07, 6.45) is 2.45. The molecule has 0 saturated heterocycles. The predicted octanol–water partition coefficient (Wildman–Crippen LogP) is 3.37. The molecule has 1 aliphatic heterocycles. The number of aromatic nitrogens is 2. The number of non-ortho nitro benzene ring substituents is 1. The highest BCUT2D eigenvalue weighted by molar-refractivity contribution is 6.06. The maximum atomic E-state index is 13.0. The van der Waals surface area contributed by atoms with Crippen molar-refractivity contribution in [1.29, 1.82) is 0 Å². The number of benzene rings is 2. The van der Waals surface area contributed by atoms with E-state index in [2.05, 4.69) is 5.10 Å². The van der Waals surface area contributed by atoms with Crippen LogP contribution in [0.2, 0.25) is 0 Å². The highest BCUT2D eigenvalue weighted by Crippen LogP contribution is 2.32. The number of nitrogens with zero attached hydrogens (tertiary/aromatic N) is 4. The number of carbonyl (C=O) groups excluding carboxylic acids is 1. The average Bonchev–Trinajstić information content (AvgIpc) is 3.25. The lowest BCUT2D eigenvalue weighted by Gasteiger charge is -2.21. The highest BCUT2D eigenvalue weighted by atomic mass is 16.6. The zero-order chi connectivity index (χ0) is 18.3. The summed E-state index contributed by atoms with van der Waals surface area (Å²) in [6.45, 7) is 2.01. The number of fused-ring (bicyclic) bond motifs is 1. The van der Waals surface area contributed by atoms with E-state index in [-0.39, 0.29) is 17.6 Å². The number of rotatable bonds is 3. The van der Waals surface area contributed by atoms with Gasteiger partial charge in [0.2, 0.25) is 0 Å². The van der Waals surface area contributed by atoms with Crippen molar-refractivity contribution in [3.63, 3.8) is 0 Å². The Morgan fingerprint density at radius 1 is 1.19 bits per heavy atom. The molecule has 7 nitrogen and oxygen atoms in total. The Hall–Kier alpha value is -3.48. The van der Waals surface area contributed by atoms with Crippen molar-refractivity contribution in [2.24, 2.45) is 0 Å². The van der Waals surface area contributed by atoms with E-state index in [9.17, 15) is 14.9 Å². The minimum Gasteiger partial charge on any atom is -0.304 e. The molecule has 1 aromatic heterocycles. The summed E-state index contributed by atoms with van der Waals surface area (Å²) in [5.41, 5.74) is 2.88. The summed E-state index contributed by atoms with van der Waals surface area (Å²) in [5, 5.41) is 15.3. The van der Waals surface area contributed by atoms with Gasteiger partial charge in [0.25, 0.3) is 11.6 Å². The Bertz CT molecular complexity index is 1010. The third-order valence-corrected chi connectivity index (χ3v) is 4.54. The van der Waals surface area contributed by atoms with Gasteiger partial charge >= 0.3 is 0 Å². The van der Waals surface area contributed by atoms with Crippen LogP contribution in [0.25, 0.3) is 5.69 Å². The van der Waals surface area contributed by atoms with Crippen LogP contribution in [0.4, 0.5) is 11.4 Å². The monoisotopic (exact) mass is 348 g/mol. The van der Waals surface area contributed by atoms with E-state index in [4.69, 9.17) is 0 Å². The maximum Gasteiger partial charge on any atom is 0.279 e. The first-order valence-electron chi connectivity index (χ1n) is 8.26. The minimum absolute atomic E-state index is 0.0204. The van der Waals surface area contributed by atoms with Crippen LogP contribution < -0.4 is 4.90 Å². The standard InChI is InChI=1S/C19H16N4O3/c1-13-11-14-5-2-3-8-18(14)22(13)19(24)17-9-10-21(20-17)15-6-4-7-16(12-15)23(25)26/h2-10,12-13H,11H2,1H3/t13-/m0/s1. The van der Waals surface area contributed by atoms with E-state index < -0.39 is 4.92 Å². The molecule has 3 aromatic rings. The van der Waals surface area contributed by atoms with Gasteiger partial charge < -0.3 is 4.90 Å².